The molecule has 0 saturated carbocycles. The van der Waals surface area contributed by atoms with Gasteiger partial charge in [-0.1, -0.05) is 13.3 Å². The van der Waals surface area contributed by atoms with Gasteiger partial charge in [-0.25, -0.2) is 0 Å². The van der Waals surface area contributed by atoms with Crippen molar-refractivity contribution in [1.82, 2.24) is 5.32 Å². The van der Waals surface area contributed by atoms with Crippen molar-refractivity contribution >= 4 is 37.8 Å². The lowest BCUT2D eigenvalue weighted by molar-refractivity contribution is -0.123. The molecule has 0 saturated heterocycles. The number of hydrogen-bond acceptors (Lipinski definition) is 3. The van der Waals surface area contributed by atoms with Crippen LogP contribution in [0.3, 0.4) is 0 Å². The normalized spacial score (nSPS) is 10.3. The zero-order valence-electron chi connectivity index (χ0n) is 10.7. The molecule has 0 atom stereocenters. The number of carbonyl (C=O) groups excluding carboxylic acids is 1. The fourth-order valence-electron chi connectivity index (χ4n) is 1.43. The van der Waals surface area contributed by atoms with Crippen LogP contribution < -0.4 is 10.1 Å². The van der Waals surface area contributed by atoms with Gasteiger partial charge in [-0.15, -0.1) is 0 Å². The maximum absolute atomic E-state index is 11.5. The molecule has 1 aromatic carbocycles. The Labute approximate surface area is 129 Å². The molecule has 0 aromatic heterocycles. The van der Waals surface area contributed by atoms with Crippen LogP contribution in [0.15, 0.2) is 21.1 Å². The van der Waals surface area contributed by atoms with Crippen LogP contribution >= 0.6 is 31.9 Å². The summed E-state index contributed by atoms with van der Waals surface area (Å²) in [5.74, 6) is 0.418. The van der Waals surface area contributed by atoms with Crippen molar-refractivity contribution in [1.29, 1.82) is 0 Å². The maximum Gasteiger partial charge on any atom is 0.257 e. The van der Waals surface area contributed by atoms with E-state index in [0.29, 0.717) is 21.2 Å². The number of unbranched alkanes of at least 4 members (excludes halogenated alkanes) is 1. The van der Waals surface area contributed by atoms with Crippen LogP contribution in [0.25, 0.3) is 0 Å². The molecule has 6 heteroatoms. The minimum atomic E-state index is -0.140. The predicted molar refractivity (Wildman–Crippen MR) is 81.2 cm³/mol. The fourth-order valence-corrected chi connectivity index (χ4v) is 2.95. The van der Waals surface area contributed by atoms with Crippen LogP contribution in [-0.2, 0) is 11.4 Å². The third-order valence-electron chi connectivity index (χ3n) is 2.44. The molecular formula is C13H17Br2NO3. The quantitative estimate of drug-likeness (QED) is 0.699. The number of aliphatic hydroxyl groups is 1. The third-order valence-corrected chi connectivity index (χ3v) is 3.62. The van der Waals surface area contributed by atoms with Gasteiger partial charge < -0.3 is 15.2 Å². The zero-order valence-corrected chi connectivity index (χ0v) is 13.9. The molecule has 0 radical (unpaired) electrons. The molecule has 106 valence electrons. The summed E-state index contributed by atoms with van der Waals surface area (Å²) in [6.45, 7) is 2.67. The number of amides is 1. The second-order valence-electron chi connectivity index (χ2n) is 4.04. The van der Waals surface area contributed by atoms with E-state index in [4.69, 9.17) is 9.84 Å². The minimum absolute atomic E-state index is 0.0284. The van der Waals surface area contributed by atoms with Gasteiger partial charge in [0.25, 0.3) is 5.91 Å². The van der Waals surface area contributed by atoms with E-state index in [1.165, 1.54) is 0 Å². The summed E-state index contributed by atoms with van der Waals surface area (Å²) in [5.41, 5.74) is 0.762. The average molecular weight is 395 g/mol. The monoisotopic (exact) mass is 393 g/mol. The number of halogens is 2. The first-order valence-electron chi connectivity index (χ1n) is 6.06. The number of aliphatic hydroxyl groups excluding tert-OH is 1. The lowest BCUT2D eigenvalue weighted by Gasteiger charge is -2.11. The summed E-state index contributed by atoms with van der Waals surface area (Å²) in [7, 11) is 0. The molecular weight excluding hydrogens is 378 g/mol. The standard InChI is InChI=1S/C13H17Br2NO3/c1-2-3-4-16-12(18)8-19-13-10(14)5-9(7-17)6-11(13)15/h5-6,17H,2-4,7-8H2,1H3,(H,16,18). The highest BCUT2D eigenvalue weighted by molar-refractivity contribution is 9.11. The van der Waals surface area contributed by atoms with E-state index in [1.54, 1.807) is 12.1 Å². The van der Waals surface area contributed by atoms with Crippen molar-refractivity contribution in [3.63, 3.8) is 0 Å². The Morgan fingerprint density at radius 3 is 2.53 bits per heavy atom. The number of rotatable bonds is 7. The van der Waals surface area contributed by atoms with E-state index in [-0.39, 0.29) is 19.1 Å². The molecule has 19 heavy (non-hydrogen) atoms. The highest BCUT2D eigenvalue weighted by Gasteiger charge is 2.10. The first-order valence-corrected chi connectivity index (χ1v) is 7.65. The first kappa shape index (κ1) is 16.5. The average Bonchev–Trinajstić information content (AvgIpc) is 2.37. The van der Waals surface area contributed by atoms with Crippen LogP contribution in [0.4, 0.5) is 0 Å². The third kappa shape index (κ3) is 5.50. The topological polar surface area (TPSA) is 58.6 Å². The Balaban J connectivity index is 2.55. The van der Waals surface area contributed by atoms with E-state index in [2.05, 4.69) is 44.1 Å². The Hall–Kier alpha value is -0.590. The maximum atomic E-state index is 11.5. The molecule has 0 aliphatic rings. The summed E-state index contributed by atoms with van der Waals surface area (Å²) >= 11 is 6.71. The molecule has 0 spiro atoms. The van der Waals surface area contributed by atoms with Crippen molar-refractivity contribution in [2.24, 2.45) is 0 Å². The second-order valence-corrected chi connectivity index (χ2v) is 5.75. The Kier molecular flexibility index (Phi) is 7.41. The Morgan fingerprint density at radius 1 is 1.37 bits per heavy atom. The number of nitrogens with one attached hydrogen (secondary N) is 1. The van der Waals surface area contributed by atoms with Crippen molar-refractivity contribution in [3.8, 4) is 5.75 Å². The van der Waals surface area contributed by atoms with Gasteiger partial charge in [0.1, 0.15) is 5.75 Å². The van der Waals surface area contributed by atoms with Gasteiger partial charge in [-0.2, -0.15) is 0 Å². The molecule has 0 bridgehead atoms. The molecule has 0 heterocycles. The molecule has 0 aliphatic carbocycles. The van der Waals surface area contributed by atoms with Gasteiger partial charge in [0.15, 0.2) is 6.61 Å². The van der Waals surface area contributed by atoms with Gasteiger partial charge in [-0.3, -0.25) is 4.79 Å². The summed E-state index contributed by atoms with van der Waals surface area (Å²) in [4.78, 5) is 11.5. The van der Waals surface area contributed by atoms with Crippen molar-refractivity contribution in [2.45, 2.75) is 26.4 Å². The summed E-state index contributed by atoms with van der Waals surface area (Å²) in [5, 5.41) is 11.9. The van der Waals surface area contributed by atoms with Gasteiger partial charge in [0, 0.05) is 6.54 Å². The van der Waals surface area contributed by atoms with Gasteiger partial charge in [0.05, 0.1) is 15.6 Å². The molecule has 1 rings (SSSR count). The first-order chi connectivity index (χ1) is 9.08. The molecule has 2 N–H and O–H groups in total. The number of ether oxygens (including phenoxy) is 1. The predicted octanol–water partition coefficient (Wildman–Crippen LogP) is 3.00. The highest BCUT2D eigenvalue weighted by Crippen LogP contribution is 2.34. The molecule has 0 unspecified atom stereocenters. The van der Waals surface area contributed by atoms with Crippen LogP contribution in [0.1, 0.15) is 25.3 Å². The number of benzene rings is 1. The smallest absolute Gasteiger partial charge is 0.257 e. The summed E-state index contributed by atoms with van der Waals surface area (Å²) < 4.78 is 6.87. The number of hydrogen-bond donors (Lipinski definition) is 2. The fraction of sp³-hybridized carbons (Fsp3) is 0.462. The highest BCUT2D eigenvalue weighted by atomic mass is 79.9. The molecule has 1 aromatic rings. The molecule has 0 fully saturated rings. The van der Waals surface area contributed by atoms with Crippen LogP contribution in [-0.4, -0.2) is 24.2 Å². The lowest BCUT2D eigenvalue weighted by atomic mass is 10.2. The van der Waals surface area contributed by atoms with Crippen molar-refractivity contribution in [3.05, 3.63) is 26.6 Å². The molecule has 4 nitrogen and oxygen atoms in total. The van der Waals surface area contributed by atoms with Gasteiger partial charge in [0.2, 0.25) is 0 Å². The Bertz CT molecular complexity index is 415. The van der Waals surface area contributed by atoms with E-state index in [9.17, 15) is 4.79 Å². The van der Waals surface area contributed by atoms with Crippen LogP contribution in [0, 0.1) is 0 Å². The largest absolute Gasteiger partial charge is 0.481 e. The SMILES string of the molecule is CCCCNC(=O)COc1c(Br)cc(CO)cc1Br. The van der Waals surface area contributed by atoms with Crippen LogP contribution in [0.5, 0.6) is 5.75 Å². The van der Waals surface area contributed by atoms with Crippen molar-refractivity contribution in [2.75, 3.05) is 13.2 Å². The molecule has 1 amide bonds. The number of carbonyl (C=O) groups is 1. The minimum Gasteiger partial charge on any atom is -0.481 e. The van der Waals surface area contributed by atoms with Crippen LogP contribution in [0.2, 0.25) is 0 Å². The second kappa shape index (κ2) is 8.55. The lowest BCUT2D eigenvalue weighted by Crippen LogP contribution is -2.29. The van der Waals surface area contributed by atoms with Gasteiger partial charge >= 0.3 is 0 Å². The van der Waals surface area contributed by atoms with E-state index in [1.807, 2.05) is 0 Å². The summed E-state index contributed by atoms with van der Waals surface area (Å²) in [6, 6.07) is 3.52. The van der Waals surface area contributed by atoms with E-state index >= 15 is 0 Å². The van der Waals surface area contributed by atoms with Crippen molar-refractivity contribution < 1.29 is 14.6 Å². The summed E-state index contributed by atoms with van der Waals surface area (Å²) in [6.07, 6.45) is 2.01. The van der Waals surface area contributed by atoms with E-state index in [0.717, 1.165) is 18.4 Å². The van der Waals surface area contributed by atoms with Gasteiger partial charge in [-0.05, 0) is 56.0 Å². The molecule has 0 aliphatic heterocycles. The Morgan fingerprint density at radius 2 is 2.00 bits per heavy atom. The zero-order chi connectivity index (χ0) is 14.3. The van der Waals surface area contributed by atoms with E-state index < -0.39 is 0 Å².